The lowest BCUT2D eigenvalue weighted by atomic mass is 10.1. The first-order valence-electron chi connectivity index (χ1n) is 12.7. The summed E-state index contributed by atoms with van der Waals surface area (Å²) in [5, 5.41) is 2.87. The fourth-order valence-electron chi connectivity index (χ4n) is 4.83. The van der Waals surface area contributed by atoms with E-state index in [1.54, 1.807) is 58.0 Å². The van der Waals surface area contributed by atoms with E-state index in [1.807, 2.05) is 30.3 Å². The Morgan fingerprint density at radius 1 is 1.08 bits per heavy atom. The number of benzene rings is 2. The number of amides is 3. The summed E-state index contributed by atoms with van der Waals surface area (Å²) in [6, 6.07) is 16.9. The second-order valence-electron chi connectivity index (χ2n) is 10.9. The molecule has 3 rings (SSSR count). The number of imide groups is 1. The summed E-state index contributed by atoms with van der Waals surface area (Å²) in [7, 11) is -4.09. The smallest absolute Gasteiger partial charge is 0.414 e. The van der Waals surface area contributed by atoms with Crippen LogP contribution in [0.1, 0.15) is 56.5 Å². The largest absolute Gasteiger partial charge is 0.524 e. The van der Waals surface area contributed by atoms with Gasteiger partial charge in [0.2, 0.25) is 7.37 Å². The zero-order chi connectivity index (χ0) is 27.3. The van der Waals surface area contributed by atoms with E-state index in [9.17, 15) is 23.8 Å². The first-order chi connectivity index (χ1) is 17.3. The molecule has 1 aliphatic rings. The molecule has 0 spiro atoms. The van der Waals surface area contributed by atoms with Gasteiger partial charge in [-0.2, -0.15) is 9.28 Å². The lowest BCUT2D eigenvalue weighted by Crippen LogP contribution is -2.61. The van der Waals surface area contributed by atoms with E-state index in [2.05, 4.69) is 5.32 Å². The van der Waals surface area contributed by atoms with Gasteiger partial charge in [0.15, 0.2) is 0 Å². The fourth-order valence-corrected chi connectivity index (χ4v) is 6.54. The Kier molecular flexibility index (Phi) is 9.11. The molecular weight excluding hydrogens is 491 g/mol. The molecule has 3 amide bonds. The maximum Gasteiger partial charge on any atom is 0.524 e. The standard InChI is InChI=1S/C28H37N2O6P/c1-21-12-11-17-30(21,27(33)36-28(2,3)4)25(31)20-37(34,35)19-24(18-22-13-7-5-8-14-22)29-26(32)23-15-9-6-10-16-23/h5-10,13-16,21,24H,11-12,17-20H2,1-4H3,(H-,29,32,34,35)/p+1/t21-,24?,30?/m1/s1. The molecule has 2 N–H and O–H groups in total. The Labute approximate surface area is 219 Å². The Hall–Kier alpha value is -2.80. The zero-order valence-electron chi connectivity index (χ0n) is 22.1. The van der Waals surface area contributed by atoms with Crippen LogP contribution in [0.25, 0.3) is 0 Å². The monoisotopic (exact) mass is 529 g/mol. The Bertz CT molecular complexity index is 1150. The lowest BCUT2D eigenvalue weighted by molar-refractivity contribution is -0.792. The van der Waals surface area contributed by atoms with Crippen LogP contribution in [-0.4, -0.2) is 63.8 Å². The minimum absolute atomic E-state index is 0.243. The summed E-state index contributed by atoms with van der Waals surface area (Å²) >= 11 is 0. The molecule has 0 aromatic heterocycles. The zero-order valence-corrected chi connectivity index (χ0v) is 22.9. The van der Waals surface area contributed by atoms with Gasteiger partial charge in [-0.25, -0.2) is 4.79 Å². The van der Waals surface area contributed by atoms with E-state index in [1.165, 1.54) is 0 Å². The summed E-state index contributed by atoms with van der Waals surface area (Å²) in [6.07, 6.45) is -0.0323. The molecule has 1 aliphatic heterocycles. The molecule has 0 saturated carbocycles. The van der Waals surface area contributed by atoms with E-state index in [-0.39, 0.29) is 24.7 Å². The fraction of sp³-hybridized carbons (Fsp3) is 0.464. The van der Waals surface area contributed by atoms with E-state index < -0.39 is 41.7 Å². The Balaban J connectivity index is 1.81. The Morgan fingerprint density at radius 2 is 1.68 bits per heavy atom. The minimum Gasteiger partial charge on any atom is -0.414 e. The molecule has 1 saturated heterocycles. The van der Waals surface area contributed by atoms with Crippen LogP contribution in [-0.2, 0) is 20.5 Å². The number of quaternary nitrogens is 1. The van der Waals surface area contributed by atoms with Crippen molar-refractivity contribution in [3.63, 3.8) is 0 Å². The van der Waals surface area contributed by atoms with Gasteiger partial charge in [-0.15, -0.1) is 0 Å². The number of rotatable bonds is 8. The number of likely N-dealkylation sites (tertiary alicyclic amines) is 1. The highest BCUT2D eigenvalue weighted by Crippen LogP contribution is 2.44. The molecule has 3 unspecified atom stereocenters. The average molecular weight is 530 g/mol. The number of carbonyl (C=O) groups excluding carboxylic acids is 3. The summed E-state index contributed by atoms with van der Waals surface area (Å²) in [5.41, 5.74) is 0.526. The van der Waals surface area contributed by atoms with Crippen LogP contribution in [0.3, 0.4) is 0 Å². The highest BCUT2D eigenvalue weighted by Gasteiger charge is 2.56. The second-order valence-corrected chi connectivity index (χ2v) is 13.2. The number of carbonyl (C=O) groups is 3. The van der Waals surface area contributed by atoms with Crippen molar-refractivity contribution in [1.29, 1.82) is 0 Å². The number of ether oxygens (including phenoxy) is 1. The first kappa shape index (κ1) is 28.8. The molecule has 2 aromatic rings. The normalized spacial score (nSPS) is 22.0. The first-order valence-corrected chi connectivity index (χ1v) is 14.7. The van der Waals surface area contributed by atoms with Crippen LogP contribution in [0.4, 0.5) is 4.79 Å². The van der Waals surface area contributed by atoms with Crippen molar-refractivity contribution < 1.29 is 33.1 Å². The highest BCUT2D eigenvalue weighted by atomic mass is 31.2. The average Bonchev–Trinajstić information content (AvgIpc) is 3.21. The summed E-state index contributed by atoms with van der Waals surface area (Å²) in [5.74, 6) is -0.976. The van der Waals surface area contributed by atoms with Crippen molar-refractivity contribution in [3.8, 4) is 0 Å². The molecule has 0 radical (unpaired) electrons. The molecular formula is C28H38N2O6P+. The number of hydrogen-bond donors (Lipinski definition) is 2. The molecule has 4 atom stereocenters. The predicted molar refractivity (Wildman–Crippen MR) is 142 cm³/mol. The van der Waals surface area contributed by atoms with Gasteiger partial charge in [-0.3, -0.25) is 9.36 Å². The molecule has 1 heterocycles. The van der Waals surface area contributed by atoms with Crippen LogP contribution < -0.4 is 5.32 Å². The van der Waals surface area contributed by atoms with Gasteiger partial charge in [0.1, 0.15) is 17.8 Å². The summed E-state index contributed by atoms with van der Waals surface area (Å²) in [6.45, 7) is 7.23. The molecule has 2 aromatic carbocycles. The second kappa shape index (κ2) is 11.7. The van der Waals surface area contributed by atoms with Gasteiger partial charge in [-0.05, 0) is 51.8 Å². The topological polar surface area (TPSA) is 110 Å². The van der Waals surface area contributed by atoms with Crippen molar-refractivity contribution in [2.75, 3.05) is 18.9 Å². The number of nitrogens with zero attached hydrogens (tertiary/aromatic N) is 1. The van der Waals surface area contributed by atoms with Gasteiger partial charge in [-0.1, -0.05) is 48.5 Å². The van der Waals surface area contributed by atoms with E-state index >= 15 is 0 Å². The minimum atomic E-state index is -4.09. The van der Waals surface area contributed by atoms with Gasteiger partial charge >= 0.3 is 12.0 Å². The van der Waals surface area contributed by atoms with Gasteiger partial charge in [0.25, 0.3) is 5.91 Å². The van der Waals surface area contributed by atoms with Crippen LogP contribution in [0.2, 0.25) is 0 Å². The van der Waals surface area contributed by atoms with Crippen LogP contribution >= 0.6 is 7.37 Å². The predicted octanol–water partition coefficient (Wildman–Crippen LogP) is 4.76. The lowest BCUT2D eigenvalue weighted by Gasteiger charge is -2.34. The quantitative estimate of drug-likeness (QED) is 0.377. The maximum absolute atomic E-state index is 13.6. The van der Waals surface area contributed by atoms with Crippen LogP contribution in [0.5, 0.6) is 0 Å². The van der Waals surface area contributed by atoms with Crippen LogP contribution in [0, 0.1) is 0 Å². The van der Waals surface area contributed by atoms with Crippen molar-refractivity contribution in [3.05, 3.63) is 71.8 Å². The molecule has 0 aliphatic carbocycles. The highest BCUT2D eigenvalue weighted by molar-refractivity contribution is 7.59. The van der Waals surface area contributed by atoms with Crippen molar-refractivity contribution >= 4 is 25.3 Å². The maximum atomic E-state index is 13.6. The molecule has 9 heteroatoms. The van der Waals surface area contributed by atoms with Crippen LogP contribution in [0.15, 0.2) is 60.7 Å². The Morgan fingerprint density at radius 3 is 2.22 bits per heavy atom. The van der Waals surface area contributed by atoms with Gasteiger partial charge in [0.05, 0.1) is 6.54 Å². The third-order valence-corrected chi connectivity index (χ3v) is 8.41. The SMILES string of the molecule is C[C@@H]1CCC[N+]1(C(=O)CP(=O)(O)CC(Cc1ccccc1)NC(=O)c1ccccc1)C(=O)OC(C)(C)C. The molecule has 8 nitrogen and oxygen atoms in total. The number of hydrogen-bond acceptors (Lipinski definition) is 5. The van der Waals surface area contributed by atoms with E-state index in [0.29, 0.717) is 24.8 Å². The van der Waals surface area contributed by atoms with E-state index in [0.717, 1.165) is 5.56 Å². The van der Waals surface area contributed by atoms with Crippen molar-refractivity contribution in [2.24, 2.45) is 0 Å². The molecule has 37 heavy (non-hydrogen) atoms. The molecule has 1 fully saturated rings. The third-order valence-electron chi connectivity index (χ3n) is 6.63. The summed E-state index contributed by atoms with van der Waals surface area (Å²) < 4.78 is 18.5. The molecule has 0 bridgehead atoms. The van der Waals surface area contributed by atoms with E-state index in [4.69, 9.17) is 4.74 Å². The third kappa shape index (κ3) is 7.60. The van der Waals surface area contributed by atoms with Crippen molar-refractivity contribution in [2.45, 2.75) is 64.6 Å². The van der Waals surface area contributed by atoms with Gasteiger partial charge in [0, 0.05) is 30.6 Å². The van der Waals surface area contributed by atoms with Crippen molar-refractivity contribution in [1.82, 2.24) is 5.32 Å². The number of nitrogens with one attached hydrogen (secondary N) is 1. The summed E-state index contributed by atoms with van der Waals surface area (Å²) in [4.78, 5) is 50.6. The molecule has 200 valence electrons. The van der Waals surface area contributed by atoms with Gasteiger partial charge < -0.3 is 14.9 Å².